The summed E-state index contributed by atoms with van der Waals surface area (Å²) in [7, 11) is 0. The van der Waals surface area contributed by atoms with E-state index in [4.69, 9.17) is 0 Å². The Bertz CT molecular complexity index is 1000. The number of aromatic nitrogens is 1. The first-order valence-corrected chi connectivity index (χ1v) is 7.56. The Morgan fingerprint density at radius 2 is 1.72 bits per heavy atom. The topological polar surface area (TPSA) is 57.2 Å². The number of nitrogens with zero attached hydrogens (tertiary/aromatic N) is 1. The van der Waals surface area contributed by atoms with E-state index in [-0.39, 0.29) is 12.5 Å². The van der Waals surface area contributed by atoms with E-state index < -0.39 is 11.7 Å². The van der Waals surface area contributed by atoms with Crippen LogP contribution in [0, 0.1) is 0 Å². The van der Waals surface area contributed by atoms with Gasteiger partial charge in [0.05, 0.1) is 22.7 Å². The lowest BCUT2D eigenvalue weighted by atomic mass is 10.0. The molecule has 7 heteroatoms. The van der Waals surface area contributed by atoms with Gasteiger partial charge in [-0.1, -0.05) is 30.3 Å². The number of aromatic amines is 1. The minimum atomic E-state index is -4.40. The fourth-order valence-electron chi connectivity index (χ4n) is 2.91. The van der Waals surface area contributed by atoms with Crippen molar-refractivity contribution in [3.63, 3.8) is 0 Å². The third-order valence-corrected chi connectivity index (χ3v) is 4.07. The molecule has 0 bridgehead atoms. The van der Waals surface area contributed by atoms with Crippen LogP contribution in [0.1, 0.15) is 16.8 Å². The van der Waals surface area contributed by atoms with Crippen LogP contribution in [0.25, 0.3) is 10.9 Å². The number of amides is 1. The minimum Gasteiger partial charge on any atom is -0.351 e. The third kappa shape index (κ3) is 2.67. The molecule has 2 heterocycles. The van der Waals surface area contributed by atoms with Crippen LogP contribution in [0.2, 0.25) is 0 Å². The van der Waals surface area contributed by atoms with Crippen molar-refractivity contribution >= 4 is 28.2 Å². The van der Waals surface area contributed by atoms with E-state index in [1.54, 1.807) is 0 Å². The molecular weight excluding hydrogens is 331 g/mol. The van der Waals surface area contributed by atoms with Gasteiger partial charge in [0.15, 0.2) is 0 Å². The molecule has 0 fully saturated rings. The quantitative estimate of drug-likeness (QED) is 0.690. The van der Waals surface area contributed by atoms with Crippen LogP contribution in [0.4, 0.5) is 18.9 Å². The maximum Gasteiger partial charge on any atom is 0.416 e. The van der Waals surface area contributed by atoms with E-state index in [2.05, 4.69) is 15.3 Å². The highest BCUT2D eigenvalue weighted by Crippen LogP contribution is 2.33. The highest BCUT2D eigenvalue weighted by molar-refractivity contribution is 6.22. The molecule has 0 saturated carbocycles. The zero-order valence-electron chi connectivity index (χ0n) is 12.8. The third-order valence-electron chi connectivity index (χ3n) is 4.07. The number of rotatable bonds is 1. The molecule has 1 aliphatic rings. The van der Waals surface area contributed by atoms with Crippen molar-refractivity contribution in [3.05, 3.63) is 65.4 Å². The van der Waals surface area contributed by atoms with E-state index in [0.29, 0.717) is 22.7 Å². The average Bonchev–Trinajstić information content (AvgIpc) is 2.84. The van der Waals surface area contributed by atoms with Gasteiger partial charge in [0, 0.05) is 16.5 Å². The number of anilines is 1. The van der Waals surface area contributed by atoms with Gasteiger partial charge in [0.1, 0.15) is 6.54 Å². The number of para-hydroxylation sites is 1. The molecule has 3 aromatic rings. The Morgan fingerprint density at radius 1 is 1.00 bits per heavy atom. The first-order chi connectivity index (χ1) is 11.9. The average molecular weight is 343 g/mol. The van der Waals surface area contributed by atoms with Crippen LogP contribution in [0.5, 0.6) is 0 Å². The molecule has 1 aromatic heterocycles. The molecular formula is C18H12F3N3O. The number of halogens is 3. The molecule has 126 valence electrons. The van der Waals surface area contributed by atoms with Gasteiger partial charge < -0.3 is 10.3 Å². The fraction of sp³-hybridized carbons (Fsp3) is 0.111. The van der Waals surface area contributed by atoms with Crippen LogP contribution < -0.4 is 5.32 Å². The summed E-state index contributed by atoms with van der Waals surface area (Å²) in [6.45, 7) is -0.0901. The second-order valence-electron chi connectivity index (χ2n) is 5.71. The van der Waals surface area contributed by atoms with Crippen LogP contribution >= 0.6 is 0 Å². The summed E-state index contributed by atoms with van der Waals surface area (Å²) in [4.78, 5) is 19.5. The number of alkyl halides is 3. The van der Waals surface area contributed by atoms with Crippen LogP contribution in [0.3, 0.4) is 0 Å². The number of H-pyrrole nitrogens is 1. The van der Waals surface area contributed by atoms with Gasteiger partial charge >= 0.3 is 6.18 Å². The zero-order valence-corrected chi connectivity index (χ0v) is 12.8. The second-order valence-corrected chi connectivity index (χ2v) is 5.71. The molecule has 0 atom stereocenters. The van der Waals surface area contributed by atoms with Gasteiger partial charge in [0.2, 0.25) is 5.91 Å². The first kappa shape index (κ1) is 15.4. The molecule has 0 spiro atoms. The Kier molecular flexibility index (Phi) is 3.38. The molecule has 0 unspecified atom stereocenters. The smallest absolute Gasteiger partial charge is 0.351 e. The Balaban J connectivity index is 1.86. The Labute approximate surface area is 140 Å². The predicted octanol–water partition coefficient (Wildman–Crippen LogP) is 3.98. The molecule has 25 heavy (non-hydrogen) atoms. The molecule has 0 radical (unpaired) electrons. The lowest BCUT2D eigenvalue weighted by Gasteiger charge is -2.09. The summed E-state index contributed by atoms with van der Waals surface area (Å²) < 4.78 is 38.3. The monoisotopic (exact) mass is 343 g/mol. The van der Waals surface area contributed by atoms with Crippen molar-refractivity contribution in [1.82, 2.24) is 4.98 Å². The number of nitrogens with one attached hydrogen (secondary N) is 2. The lowest BCUT2D eigenvalue weighted by molar-refractivity contribution is -0.137. The number of carbonyl (C=O) groups is 1. The number of aliphatic imine (C=N–C) groups is 1. The SMILES string of the molecule is O=C1CN=C(c2ccc(C(F)(F)F)cc2)c2[nH]c3ccccc3c2N1. The van der Waals surface area contributed by atoms with Crippen molar-refractivity contribution in [2.75, 3.05) is 11.9 Å². The van der Waals surface area contributed by atoms with Gasteiger partial charge in [-0.3, -0.25) is 9.79 Å². The Hall–Kier alpha value is -3.09. The molecule has 0 saturated heterocycles. The minimum absolute atomic E-state index is 0.0901. The van der Waals surface area contributed by atoms with Gasteiger partial charge in [0.25, 0.3) is 0 Å². The number of carbonyl (C=O) groups excluding carboxylic acids is 1. The number of benzene rings is 2. The summed E-state index contributed by atoms with van der Waals surface area (Å²) in [6.07, 6.45) is -4.40. The van der Waals surface area contributed by atoms with E-state index in [9.17, 15) is 18.0 Å². The molecule has 0 aliphatic carbocycles. The first-order valence-electron chi connectivity index (χ1n) is 7.56. The maximum absolute atomic E-state index is 12.8. The maximum atomic E-state index is 12.8. The number of hydrogen-bond acceptors (Lipinski definition) is 2. The molecule has 1 aliphatic heterocycles. The number of fused-ring (bicyclic) bond motifs is 3. The summed E-state index contributed by atoms with van der Waals surface area (Å²) >= 11 is 0. The predicted molar refractivity (Wildman–Crippen MR) is 88.9 cm³/mol. The molecule has 2 N–H and O–H groups in total. The number of hydrogen-bond donors (Lipinski definition) is 2. The molecule has 4 nitrogen and oxygen atoms in total. The summed E-state index contributed by atoms with van der Waals surface area (Å²) in [5.74, 6) is -0.270. The van der Waals surface area contributed by atoms with Crippen molar-refractivity contribution in [2.24, 2.45) is 4.99 Å². The largest absolute Gasteiger partial charge is 0.416 e. The van der Waals surface area contributed by atoms with Crippen LogP contribution in [-0.2, 0) is 11.0 Å². The Morgan fingerprint density at radius 3 is 2.44 bits per heavy atom. The van der Waals surface area contributed by atoms with Crippen molar-refractivity contribution in [1.29, 1.82) is 0 Å². The van der Waals surface area contributed by atoms with Gasteiger partial charge in [-0.2, -0.15) is 13.2 Å². The van der Waals surface area contributed by atoms with E-state index >= 15 is 0 Å². The molecule has 4 rings (SSSR count). The van der Waals surface area contributed by atoms with Crippen LogP contribution in [0.15, 0.2) is 53.5 Å². The highest BCUT2D eigenvalue weighted by atomic mass is 19.4. The standard InChI is InChI=1S/C18H12F3N3O/c19-18(20,21)11-7-5-10(6-8-11)15-17-16(24-14(25)9-22-15)12-3-1-2-4-13(12)23-17/h1-8,23H,9H2,(H,24,25). The summed E-state index contributed by atoms with van der Waals surface area (Å²) in [5, 5.41) is 3.64. The summed E-state index contributed by atoms with van der Waals surface area (Å²) in [5.41, 5.74) is 2.24. The van der Waals surface area contributed by atoms with Crippen molar-refractivity contribution in [2.45, 2.75) is 6.18 Å². The van der Waals surface area contributed by atoms with Crippen LogP contribution in [-0.4, -0.2) is 23.1 Å². The van der Waals surface area contributed by atoms with E-state index in [1.165, 1.54) is 12.1 Å². The zero-order chi connectivity index (χ0) is 17.6. The van der Waals surface area contributed by atoms with Gasteiger partial charge in [-0.05, 0) is 18.2 Å². The van der Waals surface area contributed by atoms with E-state index in [0.717, 1.165) is 23.0 Å². The van der Waals surface area contributed by atoms with Crippen molar-refractivity contribution < 1.29 is 18.0 Å². The highest BCUT2D eigenvalue weighted by Gasteiger charge is 2.30. The van der Waals surface area contributed by atoms with Gasteiger partial charge in [-0.25, -0.2) is 0 Å². The molecule has 2 aromatic carbocycles. The van der Waals surface area contributed by atoms with Gasteiger partial charge in [-0.15, -0.1) is 0 Å². The molecule has 1 amide bonds. The van der Waals surface area contributed by atoms with E-state index in [1.807, 2.05) is 24.3 Å². The lowest BCUT2D eigenvalue weighted by Crippen LogP contribution is -2.13. The fourth-order valence-corrected chi connectivity index (χ4v) is 2.91. The second kappa shape index (κ2) is 5.47. The summed E-state index contributed by atoms with van der Waals surface area (Å²) in [6, 6.07) is 12.2. The normalized spacial score (nSPS) is 14.7. The van der Waals surface area contributed by atoms with Crippen molar-refractivity contribution in [3.8, 4) is 0 Å².